The molecule has 34 heavy (non-hydrogen) atoms. The number of thioether (sulfide) groups is 1. The number of hydrogen-bond acceptors (Lipinski definition) is 7. The maximum absolute atomic E-state index is 13.2. The van der Waals surface area contributed by atoms with Crippen LogP contribution in [0.25, 0.3) is 11.4 Å². The number of morpholine rings is 1. The van der Waals surface area contributed by atoms with E-state index in [4.69, 9.17) is 9.47 Å². The number of methoxy groups -OCH3 is 1. The number of rotatable bonds is 9. The van der Waals surface area contributed by atoms with Gasteiger partial charge in [-0.25, -0.2) is 8.42 Å². The van der Waals surface area contributed by atoms with Crippen LogP contribution < -0.4 is 4.74 Å². The highest BCUT2D eigenvalue weighted by Gasteiger charge is 2.27. The summed E-state index contributed by atoms with van der Waals surface area (Å²) in [4.78, 5) is 0.260. The van der Waals surface area contributed by atoms with E-state index in [0.717, 1.165) is 34.2 Å². The maximum atomic E-state index is 13.2. The van der Waals surface area contributed by atoms with Gasteiger partial charge in [0.2, 0.25) is 10.0 Å². The quantitative estimate of drug-likeness (QED) is 0.405. The summed E-state index contributed by atoms with van der Waals surface area (Å²) < 4.78 is 40.6. The van der Waals surface area contributed by atoms with Crippen LogP contribution in [0.3, 0.4) is 0 Å². The Balaban J connectivity index is 1.64. The van der Waals surface area contributed by atoms with Crippen molar-refractivity contribution in [1.82, 2.24) is 19.1 Å². The molecule has 0 saturated carbocycles. The van der Waals surface area contributed by atoms with Crippen molar-refractivity contribution in [2.75, 3.05) is 33.4 Å². The van der Waals surface area contributed by atoms with Gasteiger partial charge < -0.3 is 9.47 Å². The Labute approximate surface area is 205 Å². The number of sulfonamides is 1. The normalized spacial score (nSPS) is 15.9. The maximum Gasteiger partial charge on any atom is 0.243 e. The lowest BCUT2D eigenvalue weighted by molar-refractivity contribution is 0.0730. The zero-order valence-corrected chi connectivity index (χ0v) is 21.3. The third kappa shape index (κ3) is 5.30. The minimum atomic E-state index is -3.60. The second kappa shape index (κ2) is 10.9. The van der Waals surface area contributed by atoms with Crippen LogP contribution in [0.5, 0.6) is 5.75 Å². The molecule has 0 radical (unpaired) electrons. The van der Waals surface area contributed by atoms with Crippen molar-refractivity contribution >= 4 is 21.8 Å². The van der Waals surface area contributed by atoms with Gasteiger partial charge in [0.1, 0.15) is 5.75 Å². The van der Waals surface area contributed by atoms with Crippen molar-refractivity contribution in [3.63, 3.8) is 0 Å². The zero-order valence-electron chi connectivity index (χ0n) is 19.7. The van der Waals surface area contributed by atoms with E-state index in [9.17, 15) is 8.42 Å². The van der Waals surface area contributed by atoms with E-state index in [-0.39, 0.29) is 10.9 Å². The fourth-order valence-electron chi connectivity index (χ4n) is 3.79. The summed E-state index contributed by atoms with van der Waals surface area (Å²) in [5.41, 5.74) is 1.86. The molecular weight excluding hydrogens is 472 g/mol. The highest BCUT2D eigenvalue weighted by atomic mass is 32.2. The molecule has 0 N–H and O–H groups in total. The molecule has 0 bridgehead atoms. The molecule has 3 aromatic rings. The molecule has 2 heterocycles. The van der Waals surface area contributed by atoms with Crippen LogP contribution in [0.1, 0.15) is 31.9 Å². The van der Waals surface area contributed by atoms with E-state index in [1.54, 1.807) is 37.1 Å². The fraction of sp³-hybridized carbons (Fsp3) is 0.417. The summed E-state index contributed by atoms with van der Waals surface area (Å²) in [6, 6.07) is 15.1. The Morgan fingerprint density at radius 1 is 1.12 bits per heavy atom. The summed E-state index contributed by atoms with van der Waals surface area (Å²) in [5, 5.41) is 9.74. The van der Waals surface area contributed by atoms with Crippen LogP contribution in [0, 0.1) is 0 Å². The second-order valence-electron chi connectivity index (χ2n) is 8.12. The highest BCUT2D eigenvalue weighted by molar-refractivity contribution is 7.98. The number of ether oxygens (including phenoxy) is 2. The zero-order chi connectivity index (χ0) is 24.1. The summed E-state index contributed by atoms with van der Waals surface area (Å²) in [6.45, 7) is 5.78. The molecular formula is C24H30N4O4S2. The average Bonchev–Trinajstić information content (AvgIpc) is 3.31. The van der Waals surface area contributed by atoms with Crippen molar-refractivity contribution in [2.24, 2.45) is 0 Å². The lowest BCUT2D eigenvalue weighted by Crippen LogP contribution is -2.40. The Bertz CT molecular complexity index is 1220. The fourth-order valence-corrected chi connectivity index (χ4v) is 6.23. The molecule has 8 nitrogen and oxygen atoms in total. The Morgan fingerprint density at radius 3 is 2.62 bits per heavy atom. The van der Waals surface area contributed by atoms with Gasteiger partial charge in [-0.2, -0.15) is 4.31 Å². The van der Waals surface area contributed by atoms with Gasteiger partial charge in [-0.3, -0.25) is 4.57 Å². The standard InChI is InChI=1S/C24H30N4O4S2/c1-4-18(2)28-23(25-26-24(28)33-17-19-7-5-9-21(15-19)31-3)20-8-6-10-22(16-20)34(29,30)27-11-13-32-14-12-27/h5-10,15-16,18H,4,11-14,17H2,1-3H3/t18-/m1/s1. The molecule has 0 spiro atoms. The van der Waals surface area contributed by atoms with Crippen LogP contribution in [0.2, 0.25) is 0 Å². The Morgan fingerprint density at radius 2 is 1.88 bits per heavy atom. The average molecular weight is 503 g/mol. The predicted molar refractivity (Wildman–Crippen MR) is 133 cm³/mol. The SMILES string of the molecule is CC[C@@H](C)n1c(SCc2cccc(OC)c2)nnc1-c1cccc(S(=O)(=O)N2CCOCC2)c1. The van der Waals surface area contributed by atoms with Crippen LogP contribution >= 0.6 is 11.8 Å². The molecule has 10 heteroatoms. The van der Waals surface area contributed by atoms with Crippen LogP contribution in [0.4, 0.5) is 0 Å². The van der Waals surface area contributed by atoms with Gasteiger partial charge in [0.05, 0.1) is 25.2 Å². The molecule has 182 valence electrons. The molecule has 2 aromatic carbocycles. The molecule has 1 aliphatic rings. The molecule has 1 saturated heterocycles. The molecule has 1 fully saturated rings. The minimum Gasteiger partial charge on any atom is -0.497 e. The third-order valence-electron chi connectivity index (χ3n) is 5.90. The van der Waals surface area contributed by atoms with Crippen LogP contribution in [-0.4, -0.2) is 60.9 Å². The molecule has 0 unspecified atom stereocenters. The number of aromatic nitrogens is 3. The summed E-state index contributed by atoms with van der Waals surface area (Å²) in [6.07, 6.45) is 0.892. The molecule has 1 aliphatic heterocycles. The summed E-state index contributed by atoms with van der Waals surface area (Å²) in [7, 11) is -1.94. The monoisotopic (exact) mass is 502 g/mol. The molecule has 0 aliphatic carbocycles. The van der Waals surface area contributed by atoms with Gasteiger partial charge in [-0.15, -0.1) is 10.2 Å². The number of hydrogen-bond donors (Lipinski definition) is 0. The first-order chi connectivity index (χ1) is 16.4. The van der Waals surface area contributed by atoms with Crippen LogP contribution in [0.15, 0.2) is 58.6 Å². The lowest BCUT2D eigenvalue weighted by atomic mass is 10.2. The van der Waals surface area contributed by atoms with Gasteiger partial charge in [0.25, 0.3) is 0 Å². The smallest absolute Gasteiger partial charge is 0.243 e. The van der Waals surface area contributed by atoms with Crippen LogP contribution in [-0.2, 0) is 20.5 Å². The molecule has 1 aromatic heterocycles. The molecule has 1 atom stereocenters. The third-order valence-corrected chi connectivity index (χ3v) is 8.81. The summed E-state index contributed by atoms with van der Waals surface area (Å²) in [5.74, 6) is 2.21. The first-order valence-electron chi connectivity index (χ1n) is 11.3. The first kappa shape index (κ1) is 24.7. The predicted octanol–water partition coefficient (Wildman–Crippen LogP) is 4.24. The Hall–Kier alpha value is -2.40. The minimum absolute atomic E-state index is 0.150. The van der Waals surface area contributed by atoms with E-state index in [1.807, 2.05) is 24.3 Å². The molecule has 0 amide bonds. The first-order valence-corrected chi connectivity index (χ1v) is 13.8. The summed E-state index contributed by atoms with van der Waals surface area (Å²) >= 11 is 1.60. The van der Waals surface area contributed by atoms with Crippen molar-refractivity contribution in [1.29, 1.82) is 0 Å². The van der Waals surface area contributed by atoms with E-state index in [2.05, 4.69) is 34.7 Å². The van der Waals surface area contributed by atoms with Crippen molar-refractivity contribution in [3.8, 4) is 17.1 Å². The lowest BCUT2D eigenvalue weighted by Gasteiger charge is -2.26. The number of nitrogens with zero attached hydrogens (tertiary/aromatic N) is 4. The van der Waals surface area contributed by atoms with Gasteiger partial charge in [-0.1, -0.05) is 43.0 Å². The van der Waals surface area contributed by atoms with Crippen molar-refractivity contribution in [2.45, 2.75) is 42.1 Å². The Kier molecular flexibility index (Phi) is 7.92. The van der Waals surface area contributed by atoms with Gasteiger partial charge in [0, 0.05) is 30.4 Å². The van der Waals surface area contributed by atoms with E-state index in [1.165, 1.54) is 4.31 Å². The topological polar surface area (TPSA) is 86.5 Å². The van der Waals surface area contributed by atoms with E-state index >= 15 is 0 Å². The second-order valence-corrected chi connectivity index (χ2v) is 11.0. The van der Waals surface area contributed by atoms with E-state index < -0.39 is 10.0 Å². The largest absolute Gasteiger partial charge is 0.497 e. The highest BCUT2D eigenvalue weighted by Crippen LogP contribution is 2.32. The number of benzene rings is 2. The molecule has 4 rings (SSSR count). The van der Waals surface area contributed by atoms with Gasteiger partial charge in [0.15, 0.2) is 11.0 Å². The van der Waals surface area contributed by atoms with Gasteiger partial charge >= 0.3 is 0 Å². The van der Waals surface area contributed by atoms with Crippen molar-refractivity contribution < 1.29 is 17.9 Å². The van der Waals surface area contributed by atoms with Gasteiger partial charge in [-0.05, 0) is 43.2 Å². The van der Waals surface area contributed by atoms with E-state index in [0.29, 0.717) is 32.1 Å². The van der Waals surface area contributed by atoms with Crippen molar-refractivity contribution in [3.05, 3.63) is 54.1 Å².